The van der Waals surface area contributed by atoms with Crippen molar-refractivity contribution in [2.24, 2.45) is 11.3 Å². The van der Waals surface area contributed by atoms with Gasteiger partial charge in [0.05, 0.1) is 5.41 Å². The molecule has 0 saturated heterocycles. The predicted octanol–water partition coefficient (Wildman–Crippen LogP) is 4.88. The fraction of sp³-hybridized carbons (Fsp3) is 0.905. The van der Waals surface area contributed by atoms with Gasteiger partial charge in [0.1, 0.15) is 0 Å². The van der Waals surface area contributed by atoms with Crippen molar-refractivity contribution >= 4 is 35.3 Å². The molecule has 0 bridgehead atoms. The Bertz CT molecular complexity index is 400. The van der Waals surface area contributed by atoms with Crippen LogP contribution < -0.4 is 0 Å². The third-order valence-electron chi connectivity index (χ3n) is 3.96. The molecule has 0 rings (SSSR count). The number of rotatable bonds is 12. The molecule has 2 amide bonds. The number of nitrogens with zero attached hydrogens (tertiary/aromatic N) is 2. The van der Waals surface area contributed by atoms with E-state index in [0.717, 1.165) is 11.5 Å². The van der Waals surface area contributed by atoms with Crippen molar-refractivity contribution in [3.8, 4) is 0 Å². The van der Waals surface area contributed by atoms with Gasteiger partial charge in [-0.25, -0.2) is 0 Å². The van der Waals surface area contributed by atoms with Crippen LogP contribution in [0, 0.1) is 11.3 Å². The summed E-state index contributed by atoms with van der Waals surface area (Å²) in [5.74, 6) is 4.85. The topological polar surface area (TPSA) is 40.6 Å². The molecule has 4 nitrogen and oxygen atoms in total. The van der Waals surface area contributed by atoms with Crippen molar-refractivity contribution in [1.29, 1.82) is 0 Å². The van der Waals surface area contributed by atoms with Gasteiger partial charge in [-0.05, 0) is 24.3 Å². The van der Waals surface area contributed by atoms with Crippen LogP contribution in [0.5, 0.6) is 0 Å². The summed E-state index contributed by atoms with van der Waals surface area (Å²) >= 11 is 3.77. The van der Waals surface area contributed by atoms with Crippen LogP contribution in [0.25, 0.3) is 0 Å². The first-order chi connectivity index (χ1) is 12.5. The van der Waals surface area contributed by atoms with Crippen molar-refractivity contribution in [3.63, 3.8) is 0 Å². The fourth-order valence-electron chi connectivity index (χ4n) is 2.26. The predicted molar refractivity (Wildman–Crippen MR) is 125 cm³/mol. The summed E-state index contributed by atoms with van der Waals surface area (Å²) in [5.41, 5.74) is -0.220. The van der Waals surface area contributed by atoms with Gasteiger partial charge in [-0.3, -0.25) is 9.59 Å². The Morgan fingerprint density at radius 2 is 1.37 bits per heavy atom. The number of hydrogen-bond donors (Lipinski definition) is 0. The Morgan fingerprint density at radius 1 is 0.889 bits per heavy atom. The first-order valence-electron chi connectivity index (χ1n) is 10.1. The quantitative estimate of drug-likeness (QED) is 0.422. The van der Waals surface area contributed by atoms with Crippen LogP contribution in [-0.2, 0) is 9.59 Å². The first kappa shape index (κ1) is 28.8. The SMILES string of the molecule is CCCCSCC(C)(C)C(=O)N(C)C.CCCCSCC(C)C(=O)N(C)C. The van der Waals surface area contributed by atoms with E-state index in [1.807, 2.05) is 72.5 Å². The molecule has 0 fully saturated rings. The molecule has 0 radical (unpaired) electrons. The monoisotopic (exact) mass is 420 g/mol. The summed E-state index contributed by atoms with van der Waals surface area (Å²) in [7, 11) is 7.27. The molecule has 0 aromatic heterocycles. The van der Waals surface area contributed by atoms with Gasteiger partial charge < -0.3 is 9.80 Å². The minimum atomic E-state index is -0.220. The van der Waals surface area contributed by atoms with E-state index in [0.29, 0.717) is 0 Å². The average molecular weight is 421 g/mol. The lowest BCUT2D eigenvalue weighted by Crippen LogP contribution is -2.37. The van der Waals surface area contributed by atoms with Crippen LogP contribution in [-0.4, -0.2) is 72.8 Å². The van der Waals surface area contributed by atoms with Crippen molar-refractivity contribution in [2.75, 3.05) is 51.2 Å². The number of thioether (sulfide) groups is 2. The molecule has 0 aromatic carbocycles. The van der Waals surface area contributed by atoms with Crippen LogP contribution in [0.2, 0.25) is 0 Å². The maximum Gasteiger partial charge on any atom is 0.228 e. The lowest BCUT2D eigenvalue weighted by atomic mass is 9.95. The van der Waals surface area contributed by atoms with Gasteiger partial charge in [0.2, 0.25) is 11.8 Å². The molecule has 6 heteroatoms. The van der Waals surface area contributed by atoms with Gasteiger partial charge in [-0.1, -0.05) is 47.5 Å². The molecule has 0 aliphatic heterocycles. The van der Waals surface area contributed by atoms with Crippen molar-refractivity contribution in [2.45, 2.75) is 60.3 Å². The van der Waals surface area contributed by atoms with E-state index in [1.165, 1.54) is 37.2 Å². The third kappa shape index (κ3) is 15.3. The molecular formula is C21H44N2O2S2. The van der Waals surface area contributed by atoms with Crippen molar-refractivity contribution in [3.05, 3.63) is 0 Å². The fourth-order valence-corrected chi connectivity index (χ4v) is 4.69. The maximum atomic E-state index is 11.7. The van der Waals surface area contributed by atoms with Gasteiger partial charge in [-0.2, -0.15) is 23.5 Å². The highest BCUT2D eigenvalue weighted by Gasteiger charge is 2.28. The largest absolute Gasteiger partial charge is 0.349 e. The highest BCUT2D eigenvalue weighted by atomic mass is 32.2. The molecule has 162 valence electrons. The Kier molecular flexibility index (Phi) is 17.7. The molecule has 0 aromatic rings. The molecule has 1 atom stereocenters. The second-order valence-corrected chi connectivity index (χ2v) is 10.3. The van der Waals surface area contributed by atoms with Crippen LogP contribution in [0.15, 0.2) is 0 Å². The van der Waals surface area contributed by atoms with Gasteiger partial charge in [0, 0.05) is 45.6 Å². The van der Waals surface area contributed by atoms with E-state index in [2.05, 4.69) is 13.8 Å². The summed E-state index contributed by atoms with van der Waals surface area (Å²) in [6.07, 6.45) is 4.97. The Labute approximate surface area is 177 Å². The van der Waals surface area contributed by atoms with E-state index in [4.69, 9.17) is 0 Å². The minimum Gasteiger partial charge on any atom is -0.349 e. The lowest BCUT2D eigenvalue weighted by molar-refractivity contribution is -0.136. The summed E-state index contributed by atoms with van der Waals surface area (Å²) < 4.78 is 0. The molecule has 0 saturated carbocycles. The van der Waals surface area contributed by atoms with Gasteiger partial charge in [-0.15, -0.1) is 0 Å². The van der Waals surface area contributed by atoms with Gasteiger partial charge in [0.15, 0.2) is 0 Å². The molecule has 0 spiro atoms. The number of carbonyl (C=O) groups is 2. The highest BCUT2D eigenvalue weighted by Crippen LogP contribution is 2.24. The Balaban J connectivity index is 0. The summed E-state index contributed by atoms with van der Waals surface area (Å²) in [6.45, 7) is 10.4. The van der Waals surface area contributed by atoms with E-state index in [-0.39, 0.29) is 23.1 Å². The summed E-state index contributed by atoms with van der Waals surface area (Å²) in [5, 5.41) is 0. The van der Waals surface area contributed by atoms with Crippen molar-refractivity contribution < 1.29 is 9.59 Å². The van der Waals surface area contributed by atoms with Gasteiger partial charge >= 0.3 is 0 Å². The molecule has 1 unspecified atom stereocenters. The Hall–Kier alpha value is -0.360. The smallest absolute Gasteiger partial charge is 0.228 e. The van der Waals surface area contributed by atoms with Crippen LogP contribution in [0.1, 0.15) is 60.3 Å². The molecule has 0 aliphatic rings. The summed E-state index contributed by atoms with van der Waals surface area (Å²) in [6, 6.07) is 0. The number of unbranched alkanes of at least 4 members (excludes halogenated alkanes) is 2. The zero-order chi connectivity index (χ0) is 21.5. The van der Waals surface area contributed by atoms with Crippen LogP contribution in [0.4, 0.5) is 0 Å². The van der Waals surface area contributed by atoms with Gasteiger partial charge in [0.25, 0.3) is 0 Å². The minimum absolute atomic E-state index is 0.164. The van der Waals surface area contributed by atoms with E-state index in [1.54, 1.807) is 9.80 Å². The second-order valence-electron chi connectivity index (χ2n) is 8.05. The Morgan fingerprint density at radius 3 is 1.78 bits per heavy atom. The average Bonchev–Trinajstić information content (AvgIpc) is 2.61. The molecule has 0 N–H and O–H groups in total. The second kappa shape index (κ2) is 16.6. The molecular weight excluding hydrogens is 376 g/mol. The van der Waals surface area contributed by atoms with Crippen molar-refractivity contribution in [1.82, 2.24) is 9.80 Å². The normalized spacial score (nSPS) is 12.0. The third-order valence-corrected chi connectivity index (χ3v) is 6.78. The molecule has 0 aliphatic carbocycles. The highest BCUT2D eigenvalue weighted by molar-refractivity contribution is 7.99. The number of amides is 2. The number of carbonyl (C=O) groups excluding carboxylic acids is 2. The lowest BCUT2D eigenvalue weighted by Gasteiger charge is -2.26. The standard InChI is InChI=1S/C11H23NOS.C10H21NOS/c1-6-7-8-14-9-11(2,3)10(13)12(4)5;1-5-6-7-13-8-9(2)10(12)11(3)4/h6-9H2,1-5H3;9H,5-8H2,1-4H3. The maximum absolute atomic E-state index is 11.7. The molecule has 27 heavy (non-hydrogen) atoms. The number of hydrogen-bond acceptors (Lipinski definition) is 4. The van der Waals surface area contributed by atoms with E-state index in [9.17, 15) is 9.59 Å². The van der Waals surface area contributed by atoms with Crippen LogP contribution >= 0.6 is 23.5 Å². The van der Waals surface area contributed by atoms with Crippen LogP contribution in [0.3, 0.4) is 0 Å². The zero-order valence-electron chi connectivity index (χ0n) is 19.3. The van der Waals surface area contributed by atoms with E-state index >= 15 is 0 Å². The zero-order valence-corrected chi connectivity index (χ0v) is 20.9. The first-order valence-corrected chi connectivity index (χ1v) is 12.4. The summed E-state index contributed by atoms with van der Waals surface area (Å²) in [4.78, 5) is 26.5. The molecule has 0 heterocycles. The van der Waals surface area contributed by atoms with E-state index < -0.39 is 0 Å².